The molecule has 0 saturated carbocycles. The molecule has 0 unspecified atom stereocenters. The van der Waals surface area contributed by atoms with E-state index in [0.29, 0.717) is 18.8 Å². The second kappa shape index (κ2) is 6.63. The summed E-state index contributed by atoms with van der Waals surface area (Å²) >= 11 is 0. The Morgan fingerprint density at radius 2 is 1.78 bits per heavy atom. The Labute approximate surface area is 138 Å². The van der Waals surface area contributed by atoms with Gasteiger partial charge in [-0.2, -0.15) is 17.0 Å². The van der Waals surface area contributed by atoms with Crippen molar-refractivity contribution in [3.8, 4) is 0 Å². The van der Waals surface area contributed by atoms with Crippen molar-refractivity contribution in [1.82, 2.24) is 8.61 Å². The van der Waals surface area contributed by atoms with Crippen molar-refractivity contribution in [1.29, 1.82) is 0 Å². The highest BCUT2D eigenvalue weighted by Gasteiger charge is 2.32. The van der Waals surface area contributed by atoms with E-state index in [4.69, 9.17) is 4.42 Å². The van der Waals surface area contributed by atoms with Gasteiger partial charge in [0.15, 0.2) is 0 Å². The molecular formula is C17H24N2O3S. The van der Waals surface area contributed by atoms with Crippen molar-refractivity contribution in [2.75, 3.05) is 20.1 Å². The molecule has 126 valence electrons. The maximum atomic E-state index is 12.9. The Hall–Kier alpha value is -1.37. The molecule has 0 radical (unpaired) electrons. The van der Waals surface area contributed by atoms with Crippen molar-refractivity contribution in [3.63, 3.8) is 0 Å². The number of hydrogen-bond acceptors (Lipinski definition) is 3. The molecule has 1 aromatic heterocycles. The number of fused-ring (bicyclic) bond motifs is 1. The van der Waals surface area contributed by atoms with Gasteiger partial charge < -0.3 is 4.42 Å². The third-order valence-electron chi connectivity index (χ3n) is 4.66. The number of furan rings is 1. The number of para-hydroxylation sites is 1. The molecule has 23 heavy (non-hydrogen) atoms. The Bertz CT molecular complexity index is 728. The summed E-state index contributed by atoms with van der Waals surface area (Å²) in [5, 5.41) is 0.995. The van der Waals surface area contributed by atoms with Gasteiger partial charge in [-0.3, -0.25) is 0 Å². The smallest absolute Gasteiger partial charge is 0.282 e. The van der Waals surface area contributed by atoms with E-state index in [1.807, 2.05) is 37.3 Å². The quantitative estimate of drug-likeness (QED) is 0.858. The zero-order chi connectivity index (χ0) is 16.4. The second-order valence-corrected chi connectivity index (χ2v) is 8.19. The molecule has 1 aromatic carbocycles. The summed E-state index contributed by atoms with van der Waals surface area (Å²) < 4.78 is 34.6. The second-order valence-electron chi connectivity index (χ2n) is 6.20. The first-order valence-electron chi connectivity index (χ1n) is 8.22. The molecule has 1 aliphatic rings. The average molecular weight is 336 g/mol. The zero-order valence-corrected chi connectivity index (χ0v) is 14.6. The van der Waals surface area contributed by atoms with Gasteiger partial charge in [-0.15, -0.1) is 0 Å². The van der Waals surface area contributed by atoms with E-state index in [1.165, 1.54) is 4.31 Å². The Morgan fingerprint density at radius 3 is 2.43 bits per heavy atom. The van der Waals surface area contributed by atoms with Crippen LogP contribution >= 0.6 is 0 Å². The fraction of sp³-hybridized carbons (Fsp3) is 0.529. The lowest BCUT2D eigenvalue weighted by atomic mass is 10.2. The first kappa shape index (κ1) is 16.5. The van der Waals surface area contributed by atoms with Crippen LogP contribution in [0.2, 0.25) is 0 Å². The van der Waals surface area contributed by atoms with Crippen LogP contribution in [0.15, 0.2) is 34.7 Å². The minimum Gasteiger partial charge on any atom is -0.459 e. The van der Waals surface area contributed by atoms with E-state index in [9.17, 15) is 8.42 Å². The predicted molar refractivity (Wildman–Crippen MR) is 91.4 cm³/mol. The molecule has 0 aliphatic carbocycles. The lowest BCUT2D eigenvalue weighted by Gasteiger charge is -2.29. The third kappa shape index (κ3) is 3.29. The van der Waals surface area contributed by atoms with Gasteiger partial charge in [-0.25, -0.2) is 0 Å². The topological polar surface area (TPSA) is 53.8 Å². The summed E-state index contributed by atoms with van der Waals surface area (Å²) in [6.07, 6.45) is 4.09. The van der Waals surface area contributed by atoms with Gasteiger partial charge in [0, 0.05) is 25.5 Å². The van der Waals surface area contributed by atoms with Crippen molar-refractivity contribution in [3.05, 3.63) is 36.1 Å². The van der Waals surface area contributed by atoms with Crippen LogP contribution in [0, 0.1) is 0 Å². The van der Waals surface area contributed by atoms with Gasteiger partial charge in [-0.1, -0.05) is 31.0 Å². The molecular weight excluding hydrogens is 312 g/mol. The van der Waals surface area contributed by atoms with Crippen LogP contribution in [0.1, 0.15) is 44.4 Å². The normalized spacial score (nSPS) is 19.1. The molecule has 0 N–H and O–H groups in total. The largest absolute Gasteiger partial charge is 0.459 e. The zero-order valence-electron chi connectivity index (χ0n) is 13.7. The lowest BCUT2D eigenvalue weighted by molar-refractivity contribution is 0.307. The fourth-order valence-electron chi connectivity index (χ4n) is 3.04. The Balaban J connectivity index is 1.83. The summed E-state index contributed by atoms with van der Waals surface area (Å²) in [6.45, 7) is 3.09. The maximum absolute atomic E-state index is 12.9. The van der Waals surface area contributed by atoms with E-state index in [-0.39, 0.29) is 6.04 Å². The number of hydrogen-bond donors (Lipinski definition) is 0. The summed E-state index contributed by atoms with van der Waals surface area (Å²) in [5.41, 5.74) is 0.787. The molecule has 0 spiro atoms. The maximum Gasteiger partial charge on any atom is 0.282 e. The van der Waals surface area contributed by atoms with Crippen LogP contribution < -0.4 is 0 Å². The standard InChI is InChI=1S/C17H24N2O3S/c1-14(17-13-15-9-5-6-10-16(15)22-17)18(2)23(20,21)19-11-7-3-4-8-12-19/h5-6,9-10,13-14H,3-4,7-8,11-12H2,1-2H3/t14-/m1/s1. The van der Waals surface area contributed by atoms with Gasteiger partial charge in [0.1, 0.15) is 11.3 Å². The summed E-state index contributed by atoms with van der Waals surface area (Å²) in [4.78, 5) is 0. The average Bonchev–Trinajstić information content (AvgIpc) is 2.78. The molecule has 2 heterocycles. The first-order valence-corrected chi connectivity index (χ1v) is 9.61. The van der Waals surface area contributed by atoms with Gasteiger partial charge >= 0.3 is 0 Å². The monoisotopic (exact) mass is 336 g/mol. The van der Waals surface area contributed by atoms with Gasteiger partial charge in [0.25, 0.3) is 10.2 Å². The molecule has 1 aliphatic heterocycles. The van der Waals surface area contributed by atoms with Gasteiger partial charge in [-0.05, 0) is 31.9 Å². The number of benzene rings is 1. The number of nitrogens with zero attached hydrogens (tertiary/aromatic N) is 2. The van der Waals surface area contributed by atoms with E-state index in [0.717, 1.165) is 36.7 Å². The molecule has 3 rings (SSSR count). The molecule has 2 aromatic rings. The highest BCUT2D eigenvalue weighted by atomic mass is 32.2. The summed E-state index contributed by atoms with van der Waals surface area (Å²) in [5.74, 6) is 0.673. The van der Waals surface area contributed by atoms with Crippen molar-refractivity contribution < 1.29 is 12.8 Å². The van der Waals surface area contributed by atoms with Crippen LogP contribution in [0.25, 0.3) is 11.0 Å². The van der Waals surface area contributed by atoms with E-state index in [1.54, 1.807) is 11.4 Å². The first-order chi connectivity index (χ1) is 11.0. The Morgan fingerprint density at radius 1 is 1.13 bits per heavy atom. The highest BCUT2D eigenvalue weighted by molar-refractivity contribution is 7.86. The van der Waals surface area contributed by atoms with Crippen molar-refractivity contribution in [2.24, 2.45) is 0 Å². The predicted octanol–water partition coefficient (Wildman–Crippen LogP) is 3.55. The van der Waals surface area contributed by atoms with E-state index >= 15 is 0 Å². The van der Waals surface area contributed by atoms with Gasteiger partial charge in [0.2, 0.25) is 0 Å². The molecule has 1 saturated heterocycles. The molecule has 6 heteroatoms. The minimum absolute atomic E-state index is 0.337. The van der Waals surface area contributed by atoms with Crippen LogP contribution in [-0.2, 0) is 10.2 Å². The van der Waals surface area contributed by atoms with Gasteiger partial charge in [0.05, 0.1) is 6.04 Å². The van der Waals surface area contributed by atoms with E-state index < -0.39 is 10.2 Å². The number of rotatable bonds is 4. The minimum atomic E-state index is -3.46. The summed E-state index contributed by atoms with van der Waals surface area (Å²) in [7, 11) is -1.83. The molecule has 0 bridgehead atoms. The van der Waals surface area contributed by atoms with Crippen molar-refractivity contribution >= 4 is 21.2 Å². The van der Waals surface area contributed by atoms with Crippen LogP contribution in [0.5, 0.6) is 0 Å². The molecule has 1 fully saturated rings. The fourth-order valence-corrected chi connectivity index (χ4v) is 4.63. The summed E-state index contributed by atoms with van der Waals surface area (Å²) in [6, 6.07) is 9.32. The Kier molecular flexibility index (Phi) is 4.75. The SMILES string of the molecule is C[C@H](c1cc2ccccc2o1)N(C)S(=O)(=O)N1CCCCCC1. The van der Waals surface area contributed by atoms with Crippen LogP contribution in [0.4, 0.5) is 0 Å². The van der Waals surface area contributed by atoms with Crippen LogP contribution in [-0.4, -0.2) is 37.2 Å². The highest BCUT2D eigenvalue weighted by Crippen LogP contribution is 2.29. The van der Waals surface area contributed by atoms with Crippen LogP contribution in [0.3, 0.4) is 0 Å². The van der Waals surface area contributed by atoms with Crippen molar-refractivity contribution in [2.45, 2.75) is 38.6 Å². The van der Waals surface area contributed by atoms with E-state index in [2.05, 4.69) is 0 Å². The lowest BCUT2D eigenvalue weighted by Crippen LogP contribution is -2.43. The molecule has 0 amide bonds. The molecule has 1 atom stereocenters. The molecule has 5 nitrogen and oxygen atoms in total. The third-order valence-corrected chi connectivity index (χ3v) is 6.72.